The third-order valence-electron chi connectivity index (χ3n) is 10.2. The van der Waals surface area contributed by atoms with Crippen molar-refractivity contribution in [1.82, 2.24) is 14.7 Å². The Morgan fingerprint density at radius 1 is 0.926 bits per heavy atom. The molecule has 1 aliphatic carbocycles. The number of likely N-dealkylation sites (tertiary alicyclic amines) is 1. The molecular formula is C37H39ClF5N3O7S. The van der Waals surface area contributed by atoms with Crippen molar-refractivity contribution in [3.8, 4) is 22.6 Å². The molecule has 3 atom stereocenters. The van der Waals surface area contributed by atoms with Gasteiger partial charge in [0.1, 0.15) is 11.5 Å². The van der Waals surface area contributed by atoms with E-state index in [-0.39, 0.29) is 42.3 Å². The molecule has 2 heterocycles. The van der Waals surface area contributed by atoms with E-state index in [0.29, 0.717) is 35.8 Å². The maximum absolute atomic E-state index is 17.2. The highest BCUT2D eigenvalue weighted by Crippen LogP contribution is 2.43. The van der Waals surface area contributed by atoms with E-state index in [2.05, 4.69) is 10.2 Å². The van der Waals surface area contributed by atoms with Gasteiger partial charge < -0.3 is 24.5 Å². The number of benzene rings is 3. The van der Waals surface area contributed by atoms with E-state index >= 15 is 8.78 Å². The molecule has 1 amide bonds. The number of hydroxylamine groups is 1. The monoisotopic (exact) mass is 799 g/mol. The van der Waals surface area contributed by atoms with Gasteiger partial charge in [-0.25, -0.2) is 13.2 Å². The molecule has 3 fully saturated rings. The van der Waals surface area contributed by atoms with Crippen molar-refractivity contribution in [2.24, 2.45) is 17.8 Å². The summed E-state index contributed by atoms with van der Waals surface area (Å²) >= 11 is 6.00. The number of halogens is 6. The molecule has 0 unspecified atom stereocenters. The fourth-order valence-electron chi connectivity index (χ4n) is 7.26. The highest BCUT2D eigenvalue weighted by molar-refractivity contribution is 7.89. The van der Waals surface area contributed by atoms with Crippen molar-refractivity contribution in [2.45, 2.75) is 55.1 Å². The molecule has 0 aromatic heterocycles. The lowest BCUT2D eigenvalue weighted by atomic mass is 9.90. The Morgan fingerprint density at radius 2 is 1.56 bits per heavy atom. The van der Waals surface area contributed by atoms with E-state index in [9.17, 15) is 31.2 Å². The number of fused-ring (bicyclic) bond motifs is 1. The fourth-order valence-corrected chi connectivity index (χ4v) is 8.74. The Labute approximate surface area is 314 Å². The SMILES string of the molecule is COc1cc(C(F)(F)[C@@H](C(=O)N2C[C@H]3CNC[C@H]3C2)N(OC(=O)C(F)(F)F)S(=O)(=O)c2ccc(OCC3CCCCC3)cc2)ccc1-c1ccc(Cl)cc1. The summed E-state index contributed by atoms with van der Waals surface area (Å²) in [5.74, 6) is -9.26. The second-order valence-corrected chi connectivity index (χ2v) is 16.0. The highest BCUT2D eigenvalue weighted by Gasteiger charge is 2.59. The van der Waals surface area contributed by atoms with Crippen LogP contribution in [0.5, 0.6) is 11.5 Å². The van der Waals surface area contributed by atoms with Crippen LogP contribution < -0.4 is 14.8 Å². The molecule has 6 rings (SSSR count). The van der Waals surface area contributed by atoms with Crippen LogP contribution in [0.4, 0.5) is 22.0 Å². The highest BCUT2D eigenvalue weighted by atomic mass is 35.5. The second-order valence-electron chi connectivity index (χ2n) is 13.8. The van der Waals surface area contributed by atoms with Gasteiger partial charge in [-0.05, 0) is 83.1 Å². The van der Waals surface area contributed by atoms with Crippen LogP contribution in [0.1, 0.15) is 37.7 Å². The van der Waals surface area contributed by atoms with Crippen LogP contribution in [0.15, 0.2) is 71.6 Å². The first-order valence-corrected chi connectivity index (χ1v) is 19.3. The van der Waals surface area contributed by atoms with Crippen molar-refractivity contribution in [1.29, 1.82) is 0 Å². The summed E-state index contributed by atoms with van der Waals surface area (Å²) in [6.45, 7) is 1.06. The lowest BCUT2D eigenvalue weighted by Crippen LogP contribution is -2.59. The van der Waals surface area contributed by atoms with Crippen LogP contribution in [0.3, 0.4) is 0 Å². The van der Waals surface area contributed by atoms with Gasteiger partial charge in [0.15, 0.2) is 0 Å². The van der Waals surface area contributed by atoms with Crippen molar-refractivity contribution >= 4 is 33.5 Å². The number of methoxy groups -OCH3 is 1. The average molecular weight is 800 g/mol. The van der Waals surface area contributed by atoms with Crippen molar-refractivity contribution in [3.05, 3.63) is 77.3 Å². The Hall–Kier alpha value is -3.99. The number of hydrogen-bond donors (Lipinski definition) is 1. The zero-order chi connectivity index (χ0) is 38.8. The number of amides is 1. The molecule has 3 aromatic rings. The number of hydrogen-bond acceptors (Lipinski definition) is 8. The van der Waals surface area contributed by atoms with E-state index in [1.807, 2.05) is 0 Å². The molecule has 0 radical (unpaired) electrons. The average Bonchev–Trinajstić information content (AvgIpc) is 3.77. The largest absolute Gasteiger partial charge is 0.496 e. The first-order valence-electron chi connectivity index (χ1n) is 17.5. The van der Waals surface area contributed by atoms with Gasteiger partial charge in [-0.1, -0.05) is 55.1 Å². The van der Waals surface area contributed by atoms with Crippen LogP contribution >= 0.6 is 11.6 Å². The van der Waals surface area contributed by atoms with Crippen LogP contribution in [0, 0.1) is 17.8 Å². The number of rotatable bonds is 12. The molecular weight excluding hydrogens is 761 g/mol. The van der Waals surface area contributed by atoms with E-state index < -0.39 is 55.0 Å². The quantitative estimate of drug-likeness (QED) is 0.157. The topological polar surface area (TPSA) is 114 Å². The Balaban J connectivity index is 1.41. The summed E-state index contributed by atoms with van der Waals surface area (Å²) < 4.78 is 114. The molecule has 292 valence electrons. The Morgan fingerprint density at radius 3 is 2.15 bits per heavy atom. The molecule has 1 saturated carbocycles. The molecule has 2 saturated heterocycles. The molecule has 0 spiro atoms. The molecule has 0 bridgehead atoms. The van der Waals surface area contributed by atoms with Gasteiger partial charge in [0.2, 0.25) is 6.04 Å². The van der Waals surface area contributed by atoms with Gasteiger partial charge in [0.05, 0.1) is 18.6 Å². The number of nitrogens with zero attached hydrogens (tertiary/aromatic N) is 2. The summed E-state index contributed by atoms with van der Waals surface area (Å²) in [5, 5.41) is 3.53. The van der Waals surface area contributed by atoms with Gasteiger partial charge >= 0.3 is 18.1 Å². The standard InChI is InChI=1S/C37H39ClF5N3O7S/c1-51-32-17-27(9-16-31(32)24-7-10-28(38)11-8-24)36(39,40)33(34(47)45-20-25-18-44-19-26(25)21-45)46(53-35(48)37(41,42)43)54(49,50)30-14-12-29(13-15-30)52-22-23-5-3-2-4-6-23/h7-17,23,25-26,33,44H,2-6,18-22H2,1H3/t25-,26+,33-/m1/s1. The lowest BCUT2D eigenvalue weighted by Gasteiger charge is -2.36. The van der Waals surface area contributed by atoms with Gasteiger partial charge in [-0.3, -0.25) is 4.79 Å². The van der Waals surface area contributed by atoms with Gasteiger partial charge in [-0.15, -0.1) is 0 Å². The van der Waals surface area contributed by atoms with Gasteiger partial charge in [0, 0.05) is 42.3 Å². The Bertz CT molecular complexity index is 1920. The van der Waals surface area contributed by atoms with Gasteiger partial charge in [-0.2, -0.15) is 22.0 Å². The molecule has 54 heavy (non-hydrogen) atoms. The minimum absolute atomic E-state index is 0.0873. The molecule has 17 heteroatoms. The number of alkyl halides is 5. The van der Waals surface area contributed by atoms with Crippen molar-refractivity contribution < 1.29 is 54.3 Å². The number of ether oxygens (including phenoxy) is 2. The van der Waals surface area contributed by atoms with Crippen LogP contribution in [-0.2, 0) is 30.4 Å². The summed E-state index contributed by atoms with van der Waals surface area (Å²) in [7, 11) is -4.42. The molecule has 3 aliphatic rings. The van der Waals surface area contributed by atoms with Crippen molar-refractivity contribution in [2.75, 3.05) is 39.9 Å². The van der Waals surface area contributed by atoms with Crippen LogP contribution in [0.25, 0.3) is 11.1 Å². The second kappa shape index (κ2) is 16.0. The minimum Gasteiger partial charge on any atom is -0.496 e. The fraction of sp³-hybridized carbons (Fsp3) is 0.459. The maximum Gasteiger partial charge on any atom is 0.492 e. The Kier molecular flexibility index (Phi) is 11.8. The zero-order valence-electron chi connectivity index (χ0n) is 29.2. The molecule has 10 nitrogen and oxygen atoms in total. The summed E-state index contributed by atoms with van der Waals surface area (Å²) in [5.41, 5.74) is -0.174. The lowest BCUT2D eigenvalue weighted by molar-refractivity contribution is -0.239. The van der Waals surface area contributed by atoms with E-state index in [1.165, 1.54) is 25.3 Å². The third kappa shape index (κ3) is 8.46. The smallest absolute Gasteiger partial charge is 0.492 e. The predicted molar refractivity (Wildman–Crippen MR) is 187 cm³/mol. The van der Waals surface area contributed by atoms with E-state index in [4.69, 9.17) is 21.1 Å². The maximum atomic E-state index is 17.2. The zero-order valence-corrected chi connectivity index (χ0v) is 30.7. The first kappa shape index (κ1) is 39.7. The molecule has 1 N–H and O–H groups in total. The third-order valence-corrected chi connectivity index (χ3v) is 12.1. The number of sulfonamides is 1. The summed E-state index contributed by atoms with van der Waals surface area (Å²) in [6.07, 6.45) is -0.679. The number of carbonyl (C=O) groups excluding carboxylic acids is 2. The van der Waals surface area contributed by atoms with Crippen molar-refractivity contribution in [3.63, 3.8) is 0 Å². The first-order chi connectivity index (χ1) is 25.6. The van der Waals surface area contributed by atoms with Crippen LogP contribution in [0.2, 0.25) is 5.02 Å². The normalized spacial score (nSPS) is 20.1. The number of nitrogens with one attached hydrogen (secondary N) is 1. The van der Waals surface area contributed by atoms with Crippen LogP contribution in [-0.4, -0.2) is 81.8 Å². The summed E-state index contributed by atoms with van der Waals surface area (Å²) in [6, 6.07) is 10.2. The molecule has 2 aliphatic heterocycles. The minimum atomic E-state index is -5.83. The van der Waals surface area contributed by atoms with E-state index in [0.717, 1.165) is 61.3 Å². The van der Waals surface area contributed by atoms with E-state index in [1.54, 1.807) is 24.3 Å². The molecule has 3 aromatic carbocycles. The predicted octanol–water partition coefficient (Wildman–Crippen LogP) is 6.82. The number of carbonyl (C=O) groups is 2. The summed E-state index contributed by atoms with van der Waals surface area (Å²) in [4.78, 5) is 31.2. The van der Waals surface area contributed by atoms with Gasteiger partial charge in [0.25, 0.3) is 15.9 Å².